The Labute approximate surface area is 232 Å². The summed E-state index contributed by atoms with van der Waals surface area (Å²) in [6.07, 6.45) is 14.5. The van der Waals surface area contributed by atoms with E-state index in [1.807, 2.05) is 0 Å². The summed E-state index contributed by atoms with van der Waals surface area (Å²) in [5.41, 5.74) is 2.28. The van der Waals surface area contributed by atoms with Crippen LogP contribution in [0.3, 0.4) is 0 Å². The van der Waals surface area contributed by atoms with E-state index >= 15 is 0 Å². The van der Waals surface area contributed by atoms with Crippen molar-refractivity contribution in [3.8, 4) is 11.5 Å². The van der Waals surface area contributed by atoms with Crippen molar-refractivity contribution < 1.29 is 28.4 Å². The highest BCUT2D eigenvalue weighted by Gasteiger charge is 2.34. The molecule has 0 atom stereocenters. The zero-order valence-corrected chi connectivity index (χ0v) is 24.7. The molecule has 0 aliphatic carbocycles. The molecule has 0 bridgehead atoms. The smallest absolute Gasteiger partial charge is 0.122 e. The van der Waals surface area contributed by atoms with Gasteiger partial charge in [-0.05, 0) is 76.6 Å². The van der Waals surface area contributed by atoms with Gasteiger partial charge in [0, 0.05) is 13.2 Å². The van der Waals surface area contributed by atoms with Gasteiger partial charge in [-0.3, -0.25) is 0 Å². The normalized spacial score (nSPS) is 17.6. The van der Waals surface area contributed by atoms with Gasteiger partial charge in [-0.25, -0.2) is 0 Å². The van der Waals surface area contributed by atoms with Crippen LogP contribution >= 0.6 is 0 Å². The Bertz CT molecular complexity index is 721. The molecule has 2 fully saturated rings. The fourth-order valence-corrected chi connectivity index (χ4v) is 4.84. The van der Waals surface area contributed by atoms with Gasteiger partial charge in [-0.2, -0.15) is 0 Å². The van der Waals surface area contributed by atoms with Crippen molar-refractivity contribution in [1.29, 1.82) is 0 Å². The number of hydrogen-bond acceptors (Lipinski definition) is 6. The Kier molecular flexibility index (Phi) is 13.7. The molecule has 0 amide bonds. The average molecular weight is 535 g/mol. The van der Waals surface area contributed by atoms with Gasteiger partial charge in [0.15, 0.2) is 0 Å². The van der Waals surface area contributed by atoms with Crippen LogP contribution in [0.1, 0.15) is 102 Å². The minimum absolute atomic E-state index is 0.0152. The second-order valence-corrected chi connectivity index (χ2v) is 11.9. The predicted molar refractivity (Wildman–Crippen MR) is 153 cm³/mol. The van der Waals surface area contributed by atoms with Crippen molar-refractivity contribution >= 4 is 0 Å². The number of hydrogen-bond donors (Lipinski definition) is 0. The van der Waals surface area contributed by atoms with E-state index in [1.165, 1.54) is 51.4 Å². The van der Waals surface area contributed by atoms with Crippen molar-refractivity contribution in [3.05, 3.63) is 23.3 Å². The summed E-state index contributed by atoms with van der Waals surface area (Å²) in [6, 6.07) is 4.27. The Balaban J connectivity index is 1.14. The van der Waals surface area contributed by atoms with Crippen LogP contribution in [0, 0.1) is 13.8 Å². The molecule has 1 aromatic rings. The molecular formula is C32H54O6. The minimum Gasteiger partial charge on any atom is -0.493 e. The summed E-state index contributed by atoms with van der Waals surface area (Å²) in [5.74, 6) is 1.98. The van der Waals surface area contributed by atoms with Crippen LogP contribution in [0.2, 0.25) is 0 Å². The maximum atomic E-state index is 6.10. The van der Waals surface area contributed by atoms with E-state index in [2.05, 4.69) is 39.8 Å². The molecule has 218 valence electrons. The number of unbranched alkanes of at least 4 members (excludes halogenated alkanes) is 10. The van der Waals surface area contributed by atoms with E-state index in [-0.39, 0.29) is 11.2 Å². The van der Waals surface area contributed by atoms with Crippen LogP contribution in [0.15, 0.2) is 12.1 Å². The summed E-state index contributed by atoms with van der Waals surface area (Å²) in [6.45, 7) is 14.7. The second-order valence-electron chi connectivity index (χ2n) is 11.9. The van der Waals surface area contributed by atoms with Crippen LogP contribution in [0.4, 0.5) is 0 Å². The summed E-state index contributed by atoms with van der Waals surface area (Å²) in [7, 11) is 0. The summed E-state index contributed by atoms with van der Waals surface area (Å²) in [5, 5.41) is 0. The molecule has 2 aliphatic heterocycles. The van der Waals surface area contributed by atoms with E-state index < -0.39 is 0 Å². The van der Waals surface area contributed by atoms with Crippen LogP contribution in [0.25, 0.3) is 0 Å². The number of benzene rings is 1. The Morgan fingerprint density at radius 3 is 1.16 bits per heavy atom. The third kappa shape index (κ3) is 11.4. The highest BCUT2D eigenvalue weighted by molar-refractivity contribution is 5.45. The molecule has 2 saturated heterocycles. The van der Waals surface area contributed by atoms with Crippen LogP contribution in [-0.4, -0.2) is 64.1 Å². The zero-order chi connectivity index (χ0) is 27.1. The lowest BCUT2D eigenvalue weighted by Gasteiger charge is -2.37. The van der Waals surface area contributed by atoms with Crippen molar-refractivity contribution in [2.24, 2.45) is 0 Å². The largest absolute Gasteiger partial charge is 0.493 e. The third-order valence-electron chi connectivity index (χ3n) is 7.60. The quantitative estimate of drug-likeness (QED) is 0.145. The first-order valence-electron chi connectivity index (χ1n) is 15.2. The lowest BCUT2D eigenvalue weighted by molar-refractivity contribution is -0.199. The first kappa shape index (κ1) is 31.2. The lowest BCUT2D eigenvalue weighted by atomic mass is 10.1. The average Bonchev–Trinajstić information content (AvgIpc) is 2.86. The van der Waals surface area contributed by atoms with Crippen molar-refractivity contribution in [1.82, 2.24) is 0 Å². The minimum atomic E-state index is -0.0152. The van der Waals surface area contributed by atoms with Gasteiger partial charge in [0.1, 0.15) is 22.7 Å². The second kappa shape index (κ2) is 16.7. The molecule has 2 heterocycles. The fourth-order valence-electron chi connectivity index (χ4n) is 4.84. The maximum Gasteiger partial charge on any atom is 0.122 e. The van der Waals surface area contributed by atoms with Crippen molar-refractivity contribution in [2.75, 3.05) is 52.9 Å². The van der Waals surface area contributed by atoms with Gasteiger partial charge in [-0.1, -0.05) is 51.4 Å². The standard InChI is InChI=1S/C32H54O6/c1-27-21-30(36-18-14-10-6-8-12-16-20-38-32(4)25-34-26-32)28(2)22-29(27)35-17-13-9-5-7-11-15-19-37-31(3)23-33-24-31/h21-22H,5-20,23-26H2,1-4H3. The van der Waals surface area contributed by atoms with E-state index in [9.17, 15) is 0 Å². The molecule has 0 unspecified atom stereocenters. The van der Waals surface area contributed by atoms with E-state index in [4.69, 9.17) is 28.4 Å². The summed E-state index contributed by atoms with van der Waals surface area (Å²) >= 11 is 0. The SMILES string of the molecule is Cc1cc(OCCCCCCCCOC2(C)COC2)c(C)cc1OCCCCCCCCOC1(C)COC1. The van der Waals surface area contributed by atoms with Crippen molar-refractivity contribution in [2.45, 2.75) is 116 Å². The number of aryl methyl sites for hydroxylation is 2. The topological polar surface area (TPSA) is 55.4 Å². The van der Waals surface area contributed by atoms with Crippen LogP contribution < -0.4 is 9.47 Å². The van der Waals surface area contributed by atoms with Gasteiger partial charge in [-0.15, -0.1) is 0 Å². The van der Waals surface area contributed by atoms with E-state index in [0.29, 0.717) is 0 Å². The van der Waals surface area contributed by atoms with Gasteiger partial charge in [0.05, 0.1) is 39.6 Å². The highest BCUT2D eigenvalue weighted by Crippen LogP contribution is 2.28. The van der Waals surface area contributed by atoms with Gasteiger partial charge >= 0.3 is 0 Å². The van der Waals surface area contributed by atoms with E-state index in [0.717, 1.165) is 101 Å². The molecule has 0 N–H and O–H groups in total. The Hall–Kier alpha value is -1.34. The number of rotatable bonds is 22. The number of ether oxygens (including phenoxy) is 6. The molecule has 0 aromatic heterocycles. The third-order valence-corrected chi connectivity index (χ3v) is 7.60. The lowest BCUT2D eigenvalue weighted by Crippen LogP contribution is -2.49. The molecule has 0 radical (unpaired) electrons. The maximum absolute atomic E-state index is 6.10. The summed E-state index contributed by atoms with van der Waals surface area (Å²) < 4.78 is 34.4. The molecule has 38 heavy (non-hydrogen) atoms. The predicted octanol–water partition coefficient (Wildman–Crippen LogP) is 7.35. The van der Waals surface area contributed by atoms with E-state index in [1.54, 1.807) is 0 Å². The highest BCUT2D eigenvalue weighted by atomic mass is 16.6. The molecule has 0 spiro atoms. The molecular weight excluding hydrogens is 480 g/mol. The fraction of sp³-hybridized carbons (Fsp3) is 0.812. The molecule has 6 nitrogen and oxygen atoms in total. The molecule has 1 aromatic carbocycles. The van der Waals surface area contributed by atoms with Gasteiger partial charge in [0.25, 0.3) is 0 Å². The molecule has 6 heteroatoms. The van der Waals surface area contributed by atoms with Gasteiger partial charge in [0.2, 0.25) is 0 Å². The van der Waals surface area contributed by atoms with Crippen LogP contribution in [-0.2, 0) is 18.9 Å². The first-order valence-corrected chi connectivity index (χ1v) is 15.2. The van der Waals surface area contributed by atoms with Crippen LogP contribution in [0.5, 0.6) is 11.5 Å². The zero-order valence-electron chi connectivity index (χ0n) is 24.7. The van der Waals surface area contributed by atoms with Gasteiger partial charge < -0.3 is 28.4 Å². The van der Waals surface area contributed by atoms with Crippen molar-refractivity contribution in [3.63, 3.8) is 0 Å². The monoisotopic (exact) mass is 534 g/mol. The molecule has 3 rings (SSSR count). The Morgan fingerprint density at radius 1 is 0.526 bits per heavy atom. The molecule has 0 saturated carbocycles. The molecule has 2 aliphatic rings. The first-order chi connectivity index (χ1) is 18.4. The summed E-state index contributed by atoms with van der Waals surface area (Å²) in [4.78, 5) is 0. The Morgan fingerprint density at radius 2 is 0.842 bits per heavy atom.